The van der Waals surface area contributed by atoms with Gasteiger partial charge in [-0.25, -0.2) is 0 Å². The average Bonchev–Trinajstić information content (AvgIpc) is 3.01. The van der Waals surface area contributed by atoms with E-state index in [4.69, 9.17) is 10.3 Å². The molecule has 1 aromatic carbocycles. The molecule has 0 bridgehead atoms. The Hall–Kier alpha value is -1.14. The van der Waals surface area contributed by atoms with Crippen molar-refractivity contribution in [1.29, 1.82) is 0 Å². The zero-order chi connectivity index (χ0) is 14.3. The van der Waals surface area contributed by atoms with Crippen LogP contribution in [0.15, 0.2) is 28.8 Å². The minimum absolute atomic E-state index is 0. The SMILES string of the molecule is Cl.Cl.NCc1ccc(-c2noc(C3CC34CCNCC4)n2)cc1. The van der Waals surface area contributed by atoms with Gasteiger partial charge in [0.1, 0.15) is 0 Å². The maximum Gasteiger partial charge on any atom is 0.230 e. The standard InChI is InChI=1S/C16H20N4O.2ClH/c17-10-11-1-3-12(4-2-11)14-19-15(21-20-14)13-9-16(13)5-7-18-8-6-16;;/h1-4,13,18H,5-10,17H2;2*1H. The Bertz CT molecular complexity index is 638. The summed E-state index contributed by atoms with van der Waals surface area (Å²) in [6, 6.07) is 8.03. The number of benzene rings is 1. The normalized spacial score (nSPS) is 21.3. The first-order valence-electron chi connectivity index (χ1n) is 7.64. The summed E-state index contributed by atoms with van der Waals surface area (Å²) in [6.07, 6.45) is 3.64. The molecular formula is C16H22Cl2N4O. The van der Waals surface area contributed by atoms with Crippen LogP contribution in [0, 0.1) is 5.41 Å². The first-order chi connectivity index (χ1) is 10.3. The Morgan fingerprint density at radius 2 is 1.87 bits per heavy atom. The number of nitrogens with one attached hydrogen (secondary N) is 1. The summed E-state index contributed by atoms with van der Waals surface area (Å²) in [5.41, 5.74) is 8.14. The lowest BCUT2D eigenvalue weighted by atomic mass is 9.92. The Labute approximate surface area is 148 Å². The van der Waals surface area contributed by atoms with Gasteiger partial charge in [0.15, 0.2) is 0 Å². The van der Waals surface area contributed by atoms with Crippen molar-refractivity contribution in [2.75, 3.05) is 13.1 Å². The first-order valence-corrected chi connectivity index (χ1v) is 7.64. The number of hydrogen-bond donors (Lipinski definition) is 2. The van der Waals surface area contributed by atoms with Gasteiger partial charge in [-0.05, 0) is 43.3 Å². The van der Waals surface area contributed by atoms with Crippen molar-refractivity contribution in [3.05, 3.63) is 35.7 Å². The van der Waals surface area contributed by atoms with Gasteiger partial charge >= 0.3 is 0 Å². The smallest absolute Gasteiger partial charge is 0.230 e. The third kappa shape index (κ3) is 3.38. The largest absolute Gasteiger partial charge is 0.339 e. The molecule has 0 amide bonds. The molecule has 5 nitrogen and oxygen atoms in total. The highest BCUT2D eigenvalue weighted by Crippen LogP contribution is 2.63. The minimum Gasteiger partial charge on any atom is -0.339 e. The molecule has 2 fully saturated rings. The fourth-order valence-electron chi connectivity index (χ4n) is 3.46. The van der Waals surface area contributed by atoms with Gasteiger partial charge in [0.05, 0.1) is 0 Å². The molecular weight excluding hydrogens is 335 g/mol. The van der Waals surface area contributed by atoms with Crippen molar-refractivity contribution < 1.29 is 4.52 Å². The molecule has 7 heteroatoms. The van der Waals surface area contributed by atoms with Crippen molar-refractivity contribution in [3.8, 4) is 11.4 Å². The van der Waals surface area contributed by atoms with Crippen molar-refractivity contribution >= 4 is 24.8 Å². The second-order valence-electron chi connectivity index (χ2n) is 6.23. The highest BCUT2D eigenvalue weighted by molar-refractivity contribution is 5.85. The van der Waals surface area contributed by atoms with E-state index in [2.05, 4.69) is 15.5 Å². The van der Waals surface area contributed by atoms with E-state index in [1.165, 1.54) is 19.3 Å². The second kappa shape index (κ2) is 7.18. The predicted octanol–water partition coefficient (Wildman–Crippen LogP) is 2.90. The summed E-state index contributed by atoms with van der Waals surface area (Å²) in [4.78, 5) is 4.62. The summed E-state index contributed by atoms with van der Waals surface area (Å²) in [5, 5.41) is 7.57. The maximum atomic E-state index is 5.61. The monoisotopic (exact) mass is 356 g/mol. The number of aromatic nitrogens is 2. The number of nitrogens with two attached hydrogens (primary N) is 1. The molecule has 4 rings (SSSR count). The number of halogens is 2. The first kappa shape index (κ1) is 18.2. The quantitative estimate of drug-likeness (QED) is 0.883. The topological polar surface area (TPSA) is 77.0 Å². The van der Waals surface area contributed by atoms with Gasteiger partial charge in [-0.15, -0.1) is 24.8 Å². The molecule has 2 heterocycles. The zero-order valence-electron chi connectivity index (χ0n) is 12.8. The van der Waals surface area contributed by atoms with E-state index in [0.717, 1.165) is 30.1 Å². The molecule has 23 heavy (non-hydrogen) atoms. The number of piperidine rings is 1. The molecule has 1 saturated heterocycles. The molecule has 1 saturated carbocycles. The lowest BCUT2D eigenvalue weighted by Crippen LogP contribution is -2.29. The van der Waals surface area contributed by atoms with Gasteiger partial charge in [0.25, 0.3) is 0 Å². The summed E-state index contributed by atoms with van der Waals surface area (Å²) in [5.74, 6) is 1.96. The van der Waals surface area contributed by atoms with Gasteiger partial charge in [-0.3, -0.25) is 0 Å². The van der Waals surface area contributed by atoms with Crippen LogP contribution in [0.5, 0.6) is 0 Å². The lowest BCUT2D eigenvalue weighted by molar-refractivity contribution is 0.311. The van der Waals surface area contributed by atoms with Gasteiger partial charge in [-0.2, -0.15) is 4.98 Å². The molecule has 1 aliphatic carbocycles. The van der Waals surface area contributed by atoms with Crippen molar-refractivity contribution in [3.63, 3.8) is 0 Å². The average molecular weight is 357 g/mol. The number of nitrogens with zero attached hydrogens (tertiary/aromatic N) is 2. The van der Waals surface area contributed by atoms with E-state index in [0.29, 0.717) is 23.7 Å². The fourth-order valence-corrected chi connectivity index (χ4v) is 3.46. The predicted molar refractivity (Wildman–Crippen MR) is 94.0 cm³/mol. The van der Waals surface area contributed by atoms with E-state index in [-0.39, 0.29) is 24.8 Å². The third-order valence-corrected chi connectivity index (χ3v) is 4.98. The van der Waals surface area contributed by atoms with Crippen molar-refractivity contribution in [2.24, 2.45) is 11.1 Å². The van der Waals surface area contributed by atoms with E-state index >= 15 is 0 Å². The van der Waals surface area contributed by atoms with Crippen molar-refractivity contribution in [1.82, 2.24) is 15.5 Å². The molecule has 2 aromatic rings. The highest BCUT2D eigenvalue weighted by atomic mass is 35.5. The van der Waals surface area contributed by atoms with Crippen LogP contribution < -0.4 is 11.1 Å². The Kier molecular flexibility index (Phi) is 5.68. The molecule has 1 aliphatic heterocycles. The van der Waals surface area contributed by atoms with Crippen LogP contribution in [-0.2, 0) is 6.54 Å². The van der Waals surface area contributed by atoms with Crippen LogP contribution in [0.3, 0.4) is 0 Å². The summed E-state index contributed by atoms with van der Waals surface area (Å²) < 4.78 is 5.52. The lowest BCUT2D eigenvalue weighted by Gasteiger charge is -2.22. The molecule has 1 atom stereocenters. The Balaban J connectivity index is 0.000000960. The van der Waals surface area contributed by atoms with Crippen molar-refractivity contribution in [2.45, 2.75) is 31.7 Å². The van der Waals surface area contributed by atoms with E-state index < -0.39 is 0 Å². The highest BCUT2D eigenvalue weighted by Gasteiger charge is 2.57. The van der Waals surface area contributed by atoms with Crippen LogP contribution in [0.4, 0.5) is 0 Å². The van der Waals surface area contributed by atoms with Gasteiger partial charge < -0.3 is 15.6 Å². The van der Waals surface area contributed by atoms with Crippen LogP contribution in [-0.4, -0.2) is 23.2 Å². The molecule has 1 aromatic heterocycles. The van der Waals surface area contributed by atoms with Crippen LogP contribution in [0.25, 0.3) is 11.4 Å². The van der Waals surface area contributed by atoms with Gasteiger partial charge in [0.2, 0.25) is 11.7 Å². The van der Waals surface area contributed by atoms with Gasteiger partial charge in [0, 0.05) is 18.0 Å². The third-order valence-electron chi connectivity index (χ3n) is 4.98. The van der Waals surface area contributed by atoms with E-state index in [9.17, 15) is 0 Å². The summed E-state index contributed by atoms with van der Waals surface area (Å²) in [6.45, 7) is 2.77. The fraction of sp³-hybridized carbons (Fsp3) is 0.500. The molecule has 3 N–H and O–H groups in total. The van der Waals surface area contributed by atoms with Gasteiger partial charge in [-0.1, -0.05) is 29.4 Å². The van der Waals surface area contributed by atoms with E-state index in [1.807, 2.05) is 24.3 Å². The second-order valence-corrected chi connectivity index (χ2v) is 6.23. The molecule has 2 aliphatic rings. The maximum absolute atomic E-state index is 5.61. The Morgan fingerprint density at radius 1 is 1.17 bits per heavy atom. The molecule has 126 valence electrons. The number of hydrogen-bond acceptors (Lipinski definition) is 5. The van der Waals surface area contributed by atoms with E-state index in [1.54, 1.807) is 0 Å². The minimum atomic E-state index is 0. The van der Waals surface area contributed by atoms with Crippen LogP contribution >= 0.6 is 24.8 Å². The Morgan fingerprint density at radius 3 is 2.52 bits per heavy atom. The molecule has 1 spiro atoms. The molecule has 0 radical (unpaired) electrons. The van der Waals surface area contributed by atoms with Crippen LogP contribution in [0.1, 0.15) is 36.6 Å². The summed E-state index contributed by atoms with van der Waals surface area (Å²) in [7, 11) is 0. The summed E-state index contributed by atoms with van der Waals surface area (Å²) >= 11 is 0. The van der Waals surface area contributed by atoms with Crippen LogP contribution in [0.2, 0.25) is 0 Å². The number of rotatable bonds is 3. The molecule has 1 unspecified atom stereocenters. The zero-order valence-corrected chi connectivity index (χ0v) is 14.5.